The molecule has 108 valence electrons. The van der Waals surface area contributed by atoms with Gasteiger partial charge in [-0.1, -0.05) is 11.6 Å². The van der Waals surface area contributed by atoms with E-state index in [0.29, 0.717) is 0 Å². The molecule has 1 aromatic carbocycles. The van der Waals surface area contributed by atoms with E-state index in [2.05, 4.69) is 16.1 Å². The van der Waals surface area contributed by atoms with Gasteiger partial charge in [0.25, 0.3) is 11.6 Å². The summed E-state index contributed by atoms with van der Waals surface area (Å²) < 4.78 is 0. The quantitative estimate of drug-likeness (QED) is 0.343. The lowest BCUT2D eigenvalue weighted by Crippen LogP contribution is -2.35. The molecule has 5 N–H and O–H groups in total. The van der Waals surface area contributed by atoms with Gasteiger partial charge < -0.3 is 16.1 Å². The number of amides is 2. The number of nitrogens with one attached hydrogen (secondary N) is 3. The fraction of sp³-hybridized carbons (Fsp3) is 0.200. The number of anilines is 1. The van der Waals surface area contributed by atoms with Gasteiger partial charge in [0, 0.05) is 18.7 Å². The van der Waals surface area contributed by atoms with Crippen LogP contribution < -0.4 is 21.9 Å². The number of rotatable bonds is 5. The van der Waals surface area contributed by atoms with Crippen molar-refractivity contribution in [2.45, 2.75) is 0 Å². The molecule has 0 aliphatic rings. The van der Waals surface area contributed by atoms with Gasteiger partial charge in [-0.15, -0.1) is 0 Å². The van der Waals surface area contributed by atoms with Gasteiger partial charge in [0.2, 0.25) is 5.91 Å². The molecular weight excluding hydrogens is 290 g/mol. The van der Waals surface area contributed by atoms with Crippen LogP contribution in [0, 0.1) is 10.1 Å². The summed E-state index contributed by atoms with van der Waals surface area (Å²) in [5.41, 5.74) is 1.51. The third kappa shape index (κ3) is 3.56. The Morgan fingerprint density at radius 2 is 2.10 bits per heavy atom. The molecule has 20 heavy (non-hydrogen) atoms. The first kappa shape index (κ1) is 15.7. The lowest BCUT2D eigenvalue weighted by molar-refractivity contribution is -0.384. The number of halogens is 1. The van der Waals surface area contributed by atoms with E-state index in [4.69, 9.17) is 17.4 Å². The number of likely N-dealkylation sites (N-methyl/N-ethyl adjacent to an activating group) is 1. The van der Waals surface area contributed by atoms with E-state index in [-0.39, 0.29) is 22.8 Å². The smallest absolute Gasteiger partial charge is 0.295 e. The Morgan fingerprint density at radius 3 is 2.60 bits per heavy atom. The second-order valence-electron chi connectivity index (χ2n) is 3.61. The third-order valence-electron chi connectivity index (χ3n) is 2.36. The maximum atomic E-state index is 11.8. The number of nitrogens with zero attached hydrogens (tertiary/aromatic N) is 1. The average Bonchev–Trinajstić information content (AvgIpc) is 2.43. The molecule has 2 amide bonds. The Balaban J connectivity index is 3.05. The van der Waals surface area contributed by atoms with Gasteiger partial charge >= 0.3 is 0 Å². The van der Waals surface area contributed by atoms with Crippen LogP contribution >= 0.6 is 11.6 Å². The van der Waals surface area contributed by atoms with Crippen molar-refractivity contribution in [3.8, 4) is 0 Å². The van der Waals surface area contributed by atoms with Crippen LogP contribution in [0.3, 0.4) is 0 Å². The number of hydrogen-bond donors (Lipinski definition) is 4. The molecule has 0 bridgehead atoms. The number of nitrogens with two attached hydrogens (primary N) is 1. The van der Waals surface area contributed by atoms with E-state index >= 15 is 0 Å². The van der Waals surface area contributed by atoms with Crippen LogP contribution in [0.1, 0.15) is 10.4 Å². The molecule has 0 unspecified atom stereocenters. The fourth-order valence-corrected chi connectivity index (χ4v) is 1.63. The molecule has 1 rings (SSSR count). The summed E-state index contributed by atoms with van der Waals surface area (Å²) in [6.45, 7) is -0.252. The number of carbonyl (C=O) groups is 2. The molecule has 0 aliphatic carbocycles. The van der Waals surface area contributed by atoms with Crippen LogP contribution in [0.4, 0.5) is 11.4 Å². The Morgan fingerprint density at radius 1 is 1.45 bits per heavy atom. The number of nitro benzene ring substituents is 1. The summed E-state index contributed by atoms with van der Waals surface area (Å²) >= 11 is 5.81. The summed E-state index contributed by atoms with van der Waals surface area (Å²) in [6, 6.07) is 2.23. The van der Waals surface area contributed by atoms with E-state index in [1.807, 2.05) is 0 Å². The number of benzene rings is 1. The van der Waals surface area contributed by atoms with Gasteiger partial charge in [-0.2, -0.15) is 0 Å². The van der Waals surface area contributed by atoms with Crippen molar-refractivity contribution in [1.82, 2.24) is 10.6 Å². The van der Waals surface area contributed by atoms with E-state index in [0.717, 1.165) is 6.07 Å². The van der Waals surface area contributed by atoms with Crippen molar-refractivity contribution in [3.63, 3.8) is 0 Å². The molecule has 9 nitrogen and oxygen atoms in total. The summed E-state index contributed by atoms with van der Waals surface area (Å²) in [4.78, 5) is 32.9. The van der Waals surface area contributed by atoms with E-state index in [1.165, 1.54) is 13.1 Å². The van der Waals surface area contributed by atoms with Crippen molar-refractivity contribution in [2.24, 2.45) is 5.84 Å². The molecular formula is C10H12ClN5O4. The second kappa shape index (κ2) is 6.68. The van der Waals surface area contributed by atoms with Crippen molar-refractivity contribution in [3.05, 3.63) is 32.8 Å². The first-order chi connectivity index (χ1) is 9.40. The highest BCUT2D eigenvalue weighted by molar-refractivity contribution is 6.34. The van der Waals surface area contributed by atoms with Crippen molar-refractivity contribution in [2.75, 3.05) is 19.0 Å². The average molecular weight is 302 g/mol. The van der Waals surface area contributed by atoms with Gasteiger partial charge in [0.15, 0.2) is 0 Å². The molecule has 0 saturated heterocycles. The van der Waals surface area contributed by atoms with Crippen molar-refractivity contribution < 1.29 is 14.5 Å². The molecule has 0 atom stereocenters. The second-order valence-corrected chi connectivity index (χ2v) is 4.02. The maximum absolute atomic E-state index is 11.8. The Kier molecular flexibility index (Phi) is 5.23. The molecule has 0 heterocycles. The first-order valence-electron chi connectivity index (χ1n) is 5.34. The number of hydrogen-bond acceptors (Lipinski definition) is 6. The first-order valence-corrected chi connectivity index (χ1v) is 5.71. The molecule has 0 aromatic heterocycles. The van der Waals surface area contributed by atoms with Crippen molar-refractivity contribution >= 4 is 34.8 Å². The molecule has 0 saturated carbocycles. The van der Waals surface area contributed by atoms with Crippen LogP contribution in [0.2, 0.25) is 5.02 Å². The summed E-state index contributed by atoms with van der Waals surface area (Å²) in [6.07, 6.45) is 0. The van der Waals surface area contributed by atoms with Gasteiger partial charge in [-0.05, 0) is 6.07 Å². The Bertz CT molecular complexity index is 563. The maximum Gasteiger partial charge on any atom is 0.295 e. The number of carbonyl (C=O) groups excluding carboxylic acids is 2. The highest BCUT2D eigenvalue weighted by atomic mass is 35.5. The highest BCUT2D eigenvalue weighted by Crippen LogP contribution is 2.32. The standard InChI is InChI=1S/C10H12ClN5O4/c1-13-8(17)4-14-10(18)5-2-6(11)9(15-12)7(3-5)16(19)20/h2-3,15H,4,12H2,1H3,(H,13,17)(H,14,18). The van der Waals surface area contributed by atoms with Crippen LogP contribution in [-0.4, -0.2) is 30.3 Å². The number of hydrazine groups is 1. The van der Waals surface area contributed by atoms with Crippen LogP contribution in [0.5, 0.6) is 0 Å². The van der Waals surface area contributed by atoms with Crippen LogP contribution in [0.25, 0.3) is 0 Å². The third-order valence-corrected chi connectivity index (χ3v) is 2.66. The summed E-state index contributed by atoms with van der Waals surface area (Å²) in [5.74, 6) is 4.07. The van der Waals surface area contributed by atoms with E-state index in [1.54, 1.807) is 0 Å². The normalized spacial score (nSPS) is 9.75. The SMILES string of the molecule is CNC(=O)CNC(=O)c1cc(Cl)c(NN)c([N+](=O)[O-])c1. The molecule has 10 heteroatoms. The highest BCUT2D eigenvalue weighted by Gasteiger charge is 2.21. The van der Waals surface area contributed by atoms with Crippen LogP contribution in [0.15, 0.2) is 12.1 Å². The Labute approximate surface area is 118 Å². The molecule has 0 spiro atoms. The number of nitro groups is 1. The predicted octanol–water partition coefficient (Wildman–Crippen LogP) is 0.00960. The molecule has 1 aromatic rings. The van der Waals surface area contributed by atoms with Crippen molar-refractivity contribution in [1.29, 1.82) is 0 Å². The topological polar surface area (TPSA) is 139 Å². The van der Waals surface area contributed by atoms with Gasteiger partial charge in [0.1, 0.15) is 5.69 Å². The predicted molar refractivity (Wildman–Crippen MR) is 72.3 cm³/mol. The van der Waals surface area contributed by atoms with Gasteiger partial charge in [-0.25, -0.2) is 0 Å². The minimum Gasteiger partial charge on any atom is -0.358 e. The summed E-state index contributed by atoms with van der Waals surface area (Å²) in [5, 5.41) is 15.4. The minimum atomic E-state index is -0.726. The fourth-order valence-electron chi connectivity index (χ4n) is 1.36. The monoisotopic (exact) mass is 301 g/mol. The van der Waals surface area contributed by atoms with Crippen LogP contribution in [-0.2, 0) is 4.79 Å². The Hall–Kier alpha value is -2.39. The largest absolute Gasteiger partial charge is 0.358 e. The lowest BCUT2D eigenvalue weighted by Gasteiger charge is -2.08. The zero-order chi connectivity index (χ0) is 15.3. The minimum absolute atomic E-state index is 0.0513. The lowest BCUT2D eigenvalue weighted by atomic mass is 10.1. The summed E-state index contributed by atoms with van der Waals surface area (Å²) in [7, 11) is 1.41. The zero-order valence-corrected chi connectivity index (χ0v) is 11.2. The number of nitrogen functional groups attached to an aromatic ring is 1. The molecule has 0 radical (unpaired) electrons. The molecule has 0 aliphatic heterocycles. The van der Waals surface area contributed by atoms with E-state index < -0.39 is 22.4 Å². The molecule has 0 fully saturated rings. The zero-order valence-electron chi connectivity index (χ0n) is 10.4. The van der Waals surface area contributed by atoms with Gasteiger partial charge in [0.05, 0.1) is 16.5 Å². The van der Waals surface area contributed by atoms with Gasteiger partial charge in [-0.3, -0.25) is 25.5 Å². The van der Waals surface area contributed by atoms with E-state index in [9.17, 15) is 19.7 Å².